The summed E-state index contributed by atoms with van der Waals surface area (Å²) >= 11 is 0. The molecule has 5 heteroatoms. The Labute approximate surface area is 90.4 Å². The summed E-state index contributed by atoms with van der Waals surface area (Å²) < 4.78 is 1.88. The largest absolute Gasteiger partial charge is 0.306 e. The second kappa shape index (κ2) is 3.30. The van der Waals surface area contributed by atoms with Crippen LogP contribution in [-0.4, -0.2) is 19.4 Å². The molecule has 3 aromatic heterocycles. The van der Waals surface area contributed by atoms with Crippen molar-refractivity contribution in [2.45, 2.75) is 0 Å². The first kappa shape index (κ1) is 8.84. The van der Waals surface area contributed by atoms with Gasteiger partial charge in [0.1, 0.15) is 11.3 Å². The first-order valence-electron chi connectivity index (χ1n) is 4.82. The standard InChI is InChI=1S/C11H8N4O/c16-10-4-5-12-11(14-10)8-7-15-6-2-1-3-9(15)13-8/h1-7H,(H,12,14,16). The number of aromatic nitrogens is 4. The molecule has 1 N–H and O–H groups in total. The Morgan fingerprint density at radius 1 is 1.25 bits per heavy atom. The van der Waals surface area contributed by atoms with Crippen LogP contribution >= 0.6 is 0 Å². The lowest BCUT2D eigenvalue weighted by Gasteiger charge is -1.92. The number of nitrogens with one attached hydrogen (secondary N) is 1. The second-order valence-corrected chi connectivity index (χ2v) is 3.37. The highest BCUT2D eigenvalue weighted by molar-refractivity contribution is 5.54. The van der Waals surface area contributed by atoms with Crippen LogP contribution in [0.1, 0.15) is 0 Å². The molecule has 3 heterocycles. The Morgan fingerprint density at radius 3 is 3.00 bits per heavy atom. The van der Waals surface area contributed by atoms with Crippen molar-refractivity contribution in [3.63, 3.8) is 0 Å². The van der Waals surface area contributed by atoms with Gasteiger partial charge in [-0.15, -0.1) is 0 Å². The molecule has 0 radical (unpaired) electrons. The van der Waals surface area contributed by atoms with E-state index < -0.39 is 0 Å². The minimum absolute atomic E-state index is 0.179. The van der Waals surface area contributed by atoms with Gasteiger partial charge in [-0.25, -0.2) is 9.97 Å². The van der Waals surface area contributed by atoms with E-state index in [0.29, 0.717) is 11.5 Å². The van der Waals surface area contributed by atoms with E-state index in [1.54, 1.807) is 0 Å². The summed E-state index contributed by atoms with van der Waals surface area (Å²) in [5, 5.41) is 0. The van der Waals surface area contributed by atoms with Crippen LogP contribution in [0.25, 0.3) is 17.2 Å². The van der Waals surface area contributed by atoms with Gasteiger partial charge in [-0.3, -0.25) is 4.79 Å². The lowest BCUT2D eigenvalue weighted by atomic mass is 10.4. The van der Waals surface area contributed by atoms with Gasteiger partial charge in [0.2, 0.25) is 0 Å². The van der Waals surface area contributed by atoms with E-state index in [4.69, 9.17) is 0 Å². The van der Waals surface area contributed by atoms with Gasteiger partial charge in [0, 0.05) is 24.7 Å². The van der Waals surface area contributed by atoms with Gasteiger partial charge in [0.25, 0.3) is 5.56 Å². The van der Waals surface area contributed by atoms with Crippen LogP contribution in [0.2, 0.25) is 0 Å². The van der Waals surface area contributed by atoms with Crippen LogP contribution in [0.4, 0.5) is 0 Å². The molecule has 0 atom stereocenters. The third kappa shape index (κ3) is 1.38. The second-order valence-electron chi connectivity index (χ2n) is 3.37. The predicted molar refractivity (Wildman–Crippen MR) is 59.0 cm³/mol. The number of rotatable bonds is 1. The van der Waals surface area contributed by atoms with E-state index in [1.165, 1.54) is 12.3 Å². The molecule has 0 aliphatic rings. The molecular weight excluding hydrogens is 204 g/mol. The van der Waals surface area contributed by atoms with E-state index in [2.05, 4.69) is 15.0 Å². The molecule has 0 bridgehead atoms. The molecule has 3 aromatic rings. The summed E-state index contributed by atoms with van der Waals surface area (Å²) in [5.41, 5.74) is 1.30. The van der Waals surface area contributed by atoms with Crippen LogP contribution in [0, 0.1) is 0 Å². The summed E-state index contributed by atoms with van der Waals surface area (Å²) in [6.07, 6.45) is 5.19. The van der Waals surface area contributed by atoms with E-state index in [9.17, 15) is 4.79 Å². The summed E-state index contributed by atoms with van der Waals surface area (Å²) in [4.78, 5) is 22.2. The van der Waals surface area contributed by atoms with Crippen molar-refractivity contribution in [1.82, 2.24) is 19.4 Å². The van der Waals surface area contributed by atoms with Crippen LogP contribution in [0.5, 0.6) is 0 Å². The third-order valence-electron chi connectivity index (χ3n) is 2.28. The van der Waals surface area contributed by atoms with Crippen molar-refractivity contribution < 1.29 is 0 Å². The van der Waals surface area contributed by atoms with Crippen molar-refractivity contribution in [2.75, 3.05) is 0 Å². The summed E-state index contributed by atoms with van der Waals surface area (Å²) in [6, 6.07) is 7.09. The Balaban J connectivity index is 2.23. The molecule has 0 fully saturated rings. The molecular formula is C11H8N4O. The van der Waals surface area contributed by atoms with Gasteiger partial charge < -0.3 is 9.38 Å². The molecule has 0 saturated carbocycles. The minimum Gasteiger partial charge on any atom is -0.306 e. The summed E-state index contributed by atoms with van der Waals surface area (Å²) in [6.45, 7) is 0. The number of H-pyrrole nitrogens is 1. The maximum atomic E-state index is 11.1. The lowest BCUT2D eigenvalue weighted by molar-refractivity contribution is 1.11. The first-order chi connectivity index (χ1) is 7.83. The van der Waals surface area contributed by atoms with E-state index in [1.807, 2.05) is 35.0 Å². The normalized spacial score (nSPS) is 10.8. The predicted octanol–water partition coefficient (Wildman–Crippen LogP) is 1.08. The monoisotopic (exact) mass is 212 g/mol. The number of hydrogen-bond acceptors (Lipinski definition) is 3. The van der Waals surface area contributed by atoms with Crippen molar-refractivity contribution in [3.8, 4) is 11.5 Å². The maximum Gasteiger partial charge on any atom is 0.251 e. The Kier molecular flexibility index (Phi) is 1.83. The molecule has 78 valence electrons. The molecule has 0 saturated heterocycles. The average Bonchev–Trinajstić information content (AvgIpc) is 2.72. The van der Waals surface area contributed by atoms with Gasteiger partial charge in [-0.05, 0) is 12.1 Å². The zero-order valence-electron chi connectivity index (χ0n) is 8.29. The zero-order valence-corrected chi connectivity index (χ0v) is 8.29. The number of imidazole rings is 1. The van der Waals surface area contributed by atoms with Crippen molar-refractivity contribution >= 4 is 5.65 Å². The molecule has 0 unspecified atom stereocenters. The van der Waals surface area contributed by atoms with Crippen molar-refractivity contribution in [3.05, 3.63) is 53.2 Å². The Bertz CT molecular complexity index is 665. The topological polar surface area (TPSA) is 63.1 Å². The van der Waals surface area contributed by atoms with Gasteiger partial charge >= 0.3 is 0 Å². The number of hydrogen-bond donors (Lipinski definition) is 1. The first-order valence-corrected chi connectivity index (χ1v) is 4.82. The summed E-state index contributed by atoms with van der Waals surface area (Å²) in [5.74, 6) is 0.483. The molecule has 0 aliphatic heterocycles. The van der Waals surface area contributed by atoms with Gasteiger partial charge in [-0.2, -0.15) is 0 Å². The molecule has 0 amide bonds. The number of aromatic amines is 1. The van der Waals surface area contributed by atoms with Crippen LogP contribution < -0.4 is 5.56 Å². The quantitative estimate of drug-likeness (QED) is 0.656. The third-order valence-corrected chi connectivity index (χ3v) is 2.28. The van der Waals surface area contributed by atoms with Crippen LogP contribution in [0.15, 0.2) is 47.7 Å². The lowest BCUT2D eigenvalue weighted by Crippen LogP contribution is -2.05. The number of fused-ring (bicyclic) bond motifs is 1. The number of nitrogens with zero attached hydrogens (tertiary/aromatic N) is 3. The van der Waals surface area contributed by atoms with Gasteiger partial charge in [0.15, 0.2) is 5.82 Å². The SMILES string of the molecule is O=c1ccnc(-c2cn3ccccc3n2)[nH]1. The van der Waals surface area contributed by atoms with Gasteiger partial charge in [0.05, 0.1) is 0 Å². The Morgan fingerprint density at radius 2 is 2.19 bits per heavy atom. The molecule has 16 heavy (non-hydrogen) atoms. The summed E-state index contributed by atoms with van der Waals surface area (Å²) in [7, 11) is 0. The van der Waals surface area contributed by atoms with E-state index in [-0.39, 0.29) is 5.56 Å². The Hall–Kier alpha value is -2.43. The number of pyridine rings is 1. The van der Waals surface area contributed by atoms with Crippen LogP contribution in [0.3, 0.4) is 0 Å². The highest BCUT2D eigenvalue weighted by atomic mass is 16.1. The highest BCUT2D eigenvalue weighted by Gasteiger charge is 2.05. The van der Waals surface area contributed by atoms with Crippen molar-refractivity contribution in [1.29, 1.82) is 0 Å². The highest BCUT2D eigenvalue weighted by Crippen LogP contribution is 2.12. The van der Waals surface area contributed by atoms with E-state index >= 15 is 0 Å². The fourth-order valence-corrected chi connectivity index (χ4v) is 1.55. The zero-order chi connectivity index (χ0) is 11.0. The van der Waals surface area contributed by atoms with Gasteiger partial charge in [-0.1, -0.05) is 6.07 Å². The average molecular weight is 212 g/mol. The molecule has 0 spiro atoms. The molecule has 0 aliphatic carbocycles. The smallest absolute Gasteiger partial charge is 0.251 e. The molecule has 5 nitrogen and oxygen atoms in total. The minimum atomic E-state index is -0.179. The fraction of sp³-hybridized carbons (Fsp3) is 0. The van der Waals surface area contributed by atoms with Crippen molar-refractivity contribution in [2.24, 2.45) is 0 Å². The van der Waals surface area contributed by atoms with Crippen LogP contribution in [-0.2, 0) is 0 Å². The molecule has 0 aromatic carbocycles. The van der Waals surface area contributed by atoms with E-state index in [0.717, 1.165) is 5.65 Å². The molecule has 3 rings (SSSR count). The maximum absolute atomic E-state index is 11.1. The fourth-order valence-electron chi connectivity index (χ4n) is 1.55.